The van der Waals surface area contributed by atoms with E-state index in [1.807, 2.05) is 35.8 Å². The highest BCUT2D eigenvalue weighted by atomic mass is 16.1. The molecule has 1 aromatic carbocycles. The number of aromatic nitrogens is 2. The normalized spacial score (nSPS) is 12.9. The number of nitrogens with zero attached hydrogens (tertiary/aromatic N) is 2. The van der Waals surface area contributed by atoms with Gasteiger partial charge in [-0.05, 0) is 19.1 Å². The van der Waals surface area contributed by atoms with Crippen LogP contribution >= 0.6 is 0 Å². The molecule has 21 heavy (non-hydrogen) atoms. The topological polar surface area (TPSA) is 113 Å². The fourth-order valence-electron chi connectivity index (χ4n) is 2.64. The summed E-state index contributed by atoms with van der Waals surface area (Å²) in [7, 11) is 0. The summed E-state index contributed by atoms with van der Waals surface area (Å²) in [5.74, 6) is -0.436. The van der Waals surface area contributed by atoms with E-state index in [2.05, 4.69) is 4.98 Å². The Kier molecular flexibility index (Phi) is 3.03. The molecular formula is C15H17N5O. The number of carbonyl (C=O) groups excluding carboxylic acids is 1. The van der Waals surface area contributed by atoms with E-state index in [0.717, 1.165) is 21.9 Å². The summed E-state index contributed by atoms with van der Waals surface area (Å²) in [6.07, 6.45) is 0. The van der Waals surface area contributed by atoms with Gasteiger partial charge in [-0.1, -0.05) is 18.2 Å². The zero-order valence-electron chi connectivity index (χ0n) is 11.7. The van der Waals surface area contributed by atoms with Gasteiger partial charge in [0, 0.05) is 23.4 Å². The molecule has 2 aromatic heterocycles. The lowest BCUT2D eigenvalue weighted by Crippen LogP contribution is -2.22. The third-order valence-corrected chi connectivity index (χ3v) is 3.51. The van der Waals surface area contributed by atoms with Crippen LogP contribution in [-0.2, 0) is 6.54 Å². The molecule has 0 unspecified atom stereocenters. The molecule has 108 valence electrons. The van der Waals surface area contributed by atoms with Crippen molar-refractivity contribution in [3.63, 3.8) is 0 Å². The van der Waals surface area contributed by atoms with Crippen molar-refractivity contribution in [2.24, 2.45) is 11.5 Å². The molecule has 6 heteroatoms. The van der Waals surface area contributed by atoms with Gasteiger partial charge < -0.3 is 21.8 Å². The van der Waals surface area contributed by atoms with Gasteiger partial charge in [-0.25, -0.2) is 4.98 Å². The monoisotopic (exact) mass is 283 g/mol. The maximum absolute atomic E-state index is 11.5. The number of benzene rings is 1. The van der Waals surface area contributed by atoms with Crippen LogP contribution in [0.1, 0.15) is 17.3 Å². The van der Waals surface area contributed by atoms with Crippen molar-refractivity contribution in [2.45, 2.75) is 19.5 Å². The van der Waals surface area contributed by atoms with Gasteiger partial charge in [-0.3, -0.25) is 4.79 Å². The molecule has 6 N–H and O–H groups in total. The summed E-state index contributed by atoms with van der Waals surface area (Å²) in [4.78, 5) is 15.8. The lowest BCUT2D eigenvalue weighted by Gasteiger charge is -2.10. The third kappa shape index (κ3) is 2.09. The van der Waals surface area contributed by atoms with Crippen LogP contribution in [0, 0.1) is 0 Å². The van der Waals surface area contributed by atoms with E-state index in [1.165, 1.54) is 0 Å². The standard InChI is InChI=1S/C15H17N5O/c1-8(16)7-20-12-5-3-2-4-9(12)10-6-11(14(18)21)13(17)19-15(10)20/h2-6,8H,7,16H2,1H3,(H2,17,19)(H2,18,21)/t8-/m0/s1. The summed E-state index contributed by atoms with van der Waals surface area (Å²) in [5.41, 5.74) is 19.1. The van der Waals surface area contributed by atoms with E-state index in [1.54, 1.807) is 6.07 Å². The fraction of sp³-hybridized carbons (Fsp3) is 0.200. The number of fused-ring (bicyclic) bond motifs is 3. The number of amides is 1. The number of hydrogen-bond acceptors (Lipinski definition) is 4. The van der Waals surface area contributed by atoms with Crippen molar-refractivity contribution < 1.29 is 4.79 Å². The number of pyridine rings is 1. The Morgan fingerprint density at radius 3 is 2.71 bits per heavy atom. The Bertz CT molecular complexity index is 850. The van der Waals surface area contributed by atoms with Crippen molar-refractivity contribution in [3.8, 4) is 0 Å². The van der Waals surface area contributed by atoms with E-state index in [9.17, 15) is 4.79 Å². The van der Waals surface area contributed by atoms with Gasteiger partial charge in [0.1, 0.15) is 11.5 Å². The molecule has 0 bridgehead atoms. The lowest BCUT2D eigenvalue weighted by atomic mass is 10.1. The highest BCUT2D eigenvalue weighted by Crippen LogP contribution is 2.30. The molecule has 1 amide bonds. The molecule has 6 nitrogen and oxygen atoms in total. The number of carbonyl (C=O) groups is 1. The summed E-state index contributed by atoms with van der Waals surface area (Å²) >= 11 is 0. The second kappa shape index (κ2) is 4.75. The van der Waals surface area contributed by atoms with Crippen molar-refractivity contribution in [1.82, 2.24) is 9.55 Å². The summed E-state index contributed by atoms with van der Waals surface area (Å²) in [6.45, 7) is 2.55. The Hall–Kier alpha value is -2.60. The van der Waals surface area contributed by atoms with Gasteiger partial charge in [-0.15, -0.1) is 0 Å². The SMILES string of the molecule is C[C@H](N)Cn1c2ccccc2c2cc(C(N)=O)c(N)nc21. The largest absolute Gasteiger partial charge is 0.383 e. The molecular weight excluding hydrogens is 266 g/mol. The lowest BCUT2D eigenvalue weighted by molar-refractivity contribution is 0.100. The summed E-state index contributed by atoms with van der Waals surface area (Å²) in [5, 5.41) is 1.86. The first-order chi connectivity index (χ1) is 9.99. The Morgan fingerprint density at radius 1 is 1.33 bits per heavy atom. The van der Waals surface area contributed by atoms with Gasteiger partial charge in [-0.2, -0.15) is 0 Å². The second-order valence-electron chi connectivity index (χ2n) is 5.26. The third-order valence-electron chi connectivity index (χ3n) is 3.51. The Labute approximate surface area is 121 Å². The smallest absolute Gasteiger partial charge is 0.252 e. The number of anilines is 1. The van der Waals surface area contributed by atoms with Gasteiger partial charge in [0.15, 0.2) is 0 Å². The van der Waals surface area contributed by atoms with E-state index in [0.29, 0.717) is 6.54 Å². The first kappa shape index (κ1) is 13.4. The second-order valence-corrected chi connectivity index (χ2v) is 5.26. The minimum Gasteiger partial charge on any atom is -0.383 e. The molecule has 0 fully saturated rings. The van der Waals surface area contributed by atoms with Crippen LogP contribution in [-0.4, -0.2) is 21.5 Å². The molecule has 0 saturated heterocycles. The molecule has 3 aromatic rings. The predicted molar refractivity (Wildman–Crippen MR) is 83.8 cm³/mol. The van der Waals surface area contributed by atoms with Gasteiger partial charge in [0.2, 0.25) is 0 Å². The minimum atomic E-state index is -0.578. The molecule has 0 saturated carbocycles. The van der Waals surface area contributed by atoms with Crippen LogP contribution in [0.15, 0.2) is 30.3 Å². The minimum absolute atomic E-state index is 0.0251. The zero-order chi connectivity index (χ0) is 15.1. The van der Waals surface area contributed by atoms with Crippen molar-refractivity contribution in [1.29, 1.82) is 0 Å². The molecule has 3 rings (SSSR count). The molecule has 1 atom stereocenters. The van der Waals surface area contributed by atoms with Crippen molar-refractivity contribution >= 4 is 33.7 Å². The van der Waals surface area contributed by atoms with Crippen molar-refractivity contribution in [2.75, 3.05) is 5.73 Å². The van der Waals surface area contributed by atoms with Crippen LogP contribution in [0.5, 0.6) is 0 Å². The highest BCUT2D eigenvalue weighted by molar-refractivity contribution is 6.10. The first-order valence-electron chi connectivity index (χ1n) is 6.72. The summed E-state index contributed by atoms with van der Waals surface area (Å²) < 4.78 is 2.02. The number of hydrogen-bond donors (Lipinski definition) is 3. The molecule has 0 spiro atoms. The van der Waals surface area contributed by atoms with Crippen LogP contribution in [0.3, 0.4) is 0 Å². The number of primary amides is 1. The number of rotatable bonds is 3. The van der Waals surface area contributed by atoms with Crippen LogP contribution in [0.25, 0.3) is 21.9 Å². The molecule has 0 aliphatic rings. The Morgan fingerprint density at radius 2 is 2.05 bits per heavy atom. The maximum atomic E-state index is 11.5. The molecule has 0 aliphatic heterocycles. The molecule has 0 radical (unpaired) electrons. The van der Waals surface area contributed by atoms with Gasteiger partial charge in [0.05, 0.1) is 11.1 Å². The van der Waals surface area contributed by atoms with Crippen LogP contribution < -0.4 is 17.2 Å². The van der Waals surface area contributed by atoms with Gasteiger partial charge >= 0.3 is 0 Å². The van der Waals surface area contributed by atoms with Crippen molar-refractivity contribution in [3.05, 3.63) is 35.9 Å². The van der Waals surface area contributed by atoms with E-state index in [-0.39, 0.29) is 17.4 Å². The fourth-order valence-corrected chi connectivity index (χ4v) is 2.64. The van der Waals surface area contributed by atoms with Gasteiger partial charge in [0.25, 0.3) is 5.91 Å². The van der Waals surface area contributed by atoms with E-state index < -0.39 is 5.91 Å². The highest BCUT2D eigenvalue weighted by Gasteiger charge is 2.16. The van der Waals surface area contributed by atoms with E-state index >= 15 is 0 Å². The quantitative estimate of drug-likeness (QED) is 0.670. The maximum Gasteiger partial charge on any atom is 0.252 e. The van der Waals surface area contributed by atoms with Crippen LogP contribution in [0.4, 0.5) is 5.82 Å². The van der Waals surface area contributed by atoms with Crippen LogP contribution in [0.2, 0.25) is 0 Å². The predicted octanol–water partition coefficient (Wildman–Crippen LogP) is 1.22. The number of para-hydroxylation sites is 1. The number of nitrogens with two attached hydrogens (primary N) is 3. The Balaban J connectivity index is 2.43. The molecule has 0 aliphatic carbocycles. The average molecular weight is 283 g/mol. The zero-order valence-corrected chi connectivity index (χ0v) is 11.7. The van der Waals surface area contributed by atoms with E-state index in [4.69, 9.17) is 17.2 Å². The molecule has 2 heterocycles. The first-order valence-corrected chi connectivity index (χ1v) is 6.72. The number of nitrogen functional groups attached to an aromatic ring is 1. The average Bonchev–Trinajstić information content (AvgIpc) is 2.71. The summed E-state index contributed by atoms with van der Waals surface area (Å²) in [6, 6.07) is 9.57.